The lowest BCUT2D eigenvalue weighted by Gasteiger charge is -2.14. The molecule has 2 aromatic carbocycles. The normalized spacial score (nSPS) is 15.8. The molecule has 0 radical (unpaired) electrons. The first-order chi connectivity index (χ1) is 12.7. The summed E-state index contributed by atoms with van der Waals surface area (Å²) < 4.78 is 9.91. The number of benzene rings is 2. The van der Waals surface area contributed by atoms with E-state index in [9.17, 15) is 4.79 Å². The number of hydrogen-bond donors (Lipinski definition) is 1. The lowest BCUT2D eigenvalue weighted by Crippen LogP contribution is -2.21. The van der Waals surface area contributed by atoms with Crippen LogP contribution in [0.25, 0.3) is 6.08 Å². The molecule has 0 saturated carbocycles. The summed E-state index contributed by atoms with van der Waals surface area (Å²) in [6, 6.07) is 15.0. The number of carbonyl (C=O) groups is 1. The molecule has 136 valence electrons. The molecule has 1 atom stereocenters. The molecule has 0 aromatic heterocycles. The van der Waals surface area contributed by atoms with Crippen LogP contribution in [0.5, 0.6) is 5.75 Å². The lowest BCUT2D eigenvalue weighted by atomic mass is 10.0. The number of carbonyl (C=O) groups excluding carboxylic acids is 1. The standard InChI is InChI=1S/C22H25NO3/c1-25-19-5-3-4-16(15-19)12-13-23-21-10-8-18-14-17(6-9-20(18)21)7-11-22(24)26-2/h3-7,9,11,14-15,21,23H,8,10,12-13H2,1-2H3/b11-7+. The zero-order valence-electron chi connectivity index (χ0n) is 15.3. The second-order valence-corrected chi connectivity index (χ2v) is 6.46. The molecule has 0 bridgehead atoms. The zero-order valence-corrected chi connectivity index (χ0v) is 15.3. The van der Waals surface area contributed by atoms with Crippen LogP contribution in [0, 0.1) is 0 Å². The predicted molar refractivity (Wildman–Crippen MR) is 103 cm³/mol. The third-order valence-corrected chi connectivity index (χ3v) is 4.80. The molecule has 1 N–H and O–H groups in total. The van der Waals surface area contributed by atoms with Crippen LogP contribution in [0.4, 0.5) is 0 Å². The maximum absolute atomic E-state index is 11.2. The second-order valence-electron chi connectivity index (χ2n) is 6.46. The monoisotopic (exact) mass is 351 g/mol. The Balaban J connectivity index is 1.57. The number of aryl methyl sites for hydroxylation is 1. The van der Waals surface area contributed by atoms with Crippen LogP contribution in [-0.2, 0) is 22.4 Å². The first-order valence-corrected chi connectivity index (χ1v) is 8.95. The van der Waals surface area contributed by atoms with E-state index in [0.29, 0.717) is 6.04 Å². The average molecular weight is 351 g/mol. The summed E-state index contributed by atoms with van der Waals surface area (Å²) >= 11 is 0. The highest BCUT2D eigenvalue weighted by Gasteiger charge is 2.21. The molecule has 0 aliphatic heterocycles. The molecule has 1 unspecified atom stereocenters. The summed E-state index contributed by atoms with van der Waals surface area (Å²) in [5, 5.41) is 3.67. The minimum atomic E-state index is -0.331. The van der Waals surface area contributed by atoms with Crippen molar-refractivity contribution in [2.75, 3.05) is 20.8 Å². The van der Waals surface area contributed by atoms with Crippen LogP contribution < -0.4 is 10.1 Å². The Labute approximate surface area is 154 Å². The maximum Gasteiger partial charge on any atom is 0.330 e. The Hall–Kier alpha value is -2.59. The fourth-order valence-electron chi connectivity index (χ4n) is 3.40. The minimum absolute atomic E-state index is 0.331. The van der Waals surface area contributed by atoms with E-state index in [1.54, 1.807) is 13.2 Å². The molecule has 4 nitrogen and oxygen atoms in total. The van der Waals surface area contributed by atoms with Crippen molar-refractivity contribution in [1.29, 1.82) is 0 Å². The van der Waals surface area contributed by atoms with Gasteiger partial charge in [-0.3, -0.25) is 0 Å². The molecule has 0 heterocycles. The number of fused-ring (bicyclic) bond motifs is 1. The largest absolute Gasteiger partial charge is 0.497 e. The van der Waals surface area contributed by atoms with E-state index in [1.807, 2.05) is 12.1 Å². The topological polar surface area (TPSA) is 47.6 Å². The molecule has 3 rings (SSSR count). The summed E-state index contributed by atoms with van der Waals surface area (Å²) in [5.74, 6) is 0.573. The number of esters is 1. The molecule has 0 spiro atoms. The van der Waals surface area contributed by atoms with E-state index in [4.69, 9.17) is 4.74 Å². The van der Waals surface area contributed by atoms with Crippen molar-refractivity contribution < 1.29 is 14.3 Å². The number of ether oxygens (including phenoxy) is 2. The highest BCUT2D eigenvalue weighted by Crippen LogP contribution is 2.32. The van der Waals surface area contributed by atoms with Gasteiger partial charge in [-0.25, -0.2) is 4.79 Å². The van der Waals surface area contributed by atoms with Gasteiger partial charge >= 0.3 is 5.97 Å². The van der Waals surface area contributed by atoms with Crippen molar-refractivity contribution in [3.8, 4) is 5.75 Å². The molecular weight excluding hydrogens is 326 g/mol. The van der Waals surface area contributed by atoms with Crippen molar-refractivity contribution in [1.82, 2.24) is 5.32 Å². The van der Waals surface area contributed by atoms with E-state index in [2.05, 4.69) is 40.4 Å². The third kappa shape index (κ3) is 4.52. The number of hydrogen-bond acceptors (Lipinski definition) is 4. The Morgan fingerprint density at radius 2 is 2.12 bits per heavy atom. The maximum atomic E-state index is 11.2. The highest BCUT2D eigenvalue weighted by atomic mass is 16.5. The van der Waals surface area contributed by atoms with Gasteiger partial charge in [0.15, 0.2) is 0 Å². The molecule has 0 saturated heterocycles. The molecule has 0 amide bonds. The van der Waals surface area contributed by atoms with Gasteiger partial charge in [0.25, 0.3) is 0 Å². The van der Waals surface area contributed by atoms with Gasteiger partial charge in [0.05, 0.1) is 14.2 Å². The molecule has 4 heteroatoms. The first-order valence-electron chi connectivity index (χ1n) is 8.95. The van der Waals surface area contributed by atoms with Crippen molar-refractivity contribution in [3.05, 3.63) is 70.8 Å². The summed E-state index contributed by atoms with van der Waals surface area (Å²) in [5.41, 5.74) is 5.03. The number of methoxy groups -OCH3 is 2. The van der Waals surface area contributed by atoms with Crippen molar-refractivity contribution in [2.45, 2.75) is 25.3 Å². The molecule has 1 aliphatic rings. The second kappa shape index (κ2) is 8.68. The van der Waals surface area contributed by atoms with Crippen LogP contribution >= 0.6 is 0 Å². The molecule has 0 fully saturated rings. The van der Waals surface area contributed by atoms with Crippen molar-refractivity contribution in [3.63, 3.8) is 0 Å². The Bertz CT molecular complexity index is 798. The van der Waals surface area contributed by atoms with Crippen LogP contribution in [0.3, 0.4) is 0 Å². The smallest absolute Gasteiger partial charge is 0.330 e. The Morgan fingerprint density at radius 3 is 2.92 bits per heavy atom. The van der Waals surface area contributed by atoms with E-state index < -0.39 is 0 Å². The molecule has 26 heavy (non-hydrogen) atoms. The first kappa shape index (κ1) is 18.2. The summed E-state index contributed by atoms with van der Waals surface area (Å²) in [6.07, 6.45) is 6.41. The number of nitrogens with one attached hydrogen (secondary N) is 1. The average Bonchev–Trinajstić information content (AvgIpc) is 3.08. The van der Waals surface area contributed by atoms with Crippen molar-refractivity contribution in [2.24, 2.45) is 0 Å². The van der Waals surface area contributed by atoms with E-state index >= 15 is 0 Å². The quantitative estimate of drug-likeness (QED) is 0.610. The Kier molecular flexibility index (Phi) is 6.08. The fraction of sp³-hybridized carbons (Fsp3) is 0.318. The SMILES string of the molecule is COC(=O)/C=C/c1ccc2c(c1)CCC2NCCc1cccc(OC)c1. The van der Waals surface area contributed by atoms with E-state index in [1.165, 1.54) is 29.9 Å². The van der Waals surface area contributed by atoms with Crippen LogP contribution in [-0.4, -0.2) is 26.7 Å². The van der Waals surface area contributed by atoms with Gasteiger partial charge < -0.3 is 14.8 Å². The third-order valence-electron chi connectivity index (χ3n) is 4.80. The van der Waals surface area contributed by atoms with Gasteiger partial charge in [0, 0.05) is 12.1 Å². The van der Waals surface area contributed by atoms with Crippen LogP contribution in [0.1, 0.15) is 34.7 Å². The number of rotatable bonds is 7. The summed E-state index contributed by atoms with van der Waals surface area (Å²) in [4.78, 5) is 11.2. The van der Waals surface area contributed by atoms with E-state index in [-0.39, 0.29) is 5.97 Å². The van der Waals surface area contributed by atoms with Gasteiger partial charge in [-0.1, -0.05) is 30.3 Å². The van der Waals surface area contributed by atoms with Crippen LogP contribution in [0.2, 0.25) is 0 Å². The zero-order chi connectivity index (χ0) is 18.4. The predicted octanol–water partition coefficient (Wildman–Crippen LogP) is 3.70. The van der Waals surface area contributed by atoms with Crippen molar-refractivity contribution >= 4 is 12.0 Å². The van der Waals surface area contributed by atoms with Gasteiger partial charge in [0.1, 0.15) is 5.75 Å². The minimum Gasteiger partial charge on any atom is -0.497 e. The summed E-state index contributed by atoms with van der Waals surface area (Å²) in [7, 11) is 3.08. The highest BCUT2D eigenvalue weighted by molar-refractivity contribution is 5.86. The van der Waals surface area contributed by atoms with E-state index in [0.717, 1.165) is 37.1 Å². The van der Waals surface area contributed by atoms with Crippen LogP contribution in [0.15, 0.2) is 48.5 Å². The lowest BCUT2D eigenvalue weighted by molar-refractivity contribution is -0.134. The Morgan fingerprint density at radius 1 is 1.23 bits per heavy atom. The van der Waals surface area contributed by atoms with Gasteiger partial charge in [-0.15, -0.1) is 0 Å². The van der Waals surface area contributed by atoms with Gasteiger partial charge in [-0.05, 0) is 66.3 Å². The van der Waals surface area contributed by atoms with Gasteiger partial charge in [0.2, 0.25) is 0 Å². The molecule has 2 aromatic rings. The summed E-state index contributed by atoms with van der Waals surface area (Å²) in [6.45, 7) is 0.932. The van der Waals surface area contributed by atoms with Gasteiger partial charge in [-0.2, -0.15) is 0 Å². The molecular formula is C22H25NO3. The molecule has 1 aliphatic carbocycles. The fourth-order valence-corrected chi connectivity index (χ4v) is 3.40.